The first kappa shape index (κ1) is 16.2. The van der Waals surface area contributed by atoms with Crippen LogP contribution >= 0.6 is 0 Å². The van der Waals surface area contributed by atoms with Crippen molar-refractivity contribution in [3.8, 4) is 11.5 Å². The van der Waals surface area contributed by atoms with Crippen molar-refractivity contribution < 1.29 is 23.0 Å². The Kier molecular flexibility index (Phi) is 6.72. The number of alkyl halides is 2. The van der Waals surface area contributed by atoms with Crippen LogP contribution in [0.5, 0.6) is 11.5 Å². The summed E-state index contributed by atoms with van der Waals surface area (Å²) >= 11 is 0. The normalized spacial score (nSPS) is 10.4. The maximum Gasteiger partial charge on any atom is 0.387 e. The zero-order valence-electron chi connectivity index (χ0n) is 11.4. The third kappa shape index (κ3) is 5.40. The first-order valence-electron chi connectivity index (χ1n) is 6.16. The third-order valence-corrected chi connectivity index (χ3v) is 2.43. The van der Waals surface area contributed by atoms with Gasteiger partial charge in [-0.05, 0) is 24.6 Å². The minimum Gasteiger partial charge on any atom is -0.493 e. The van der Waals surface area contributed by atoms with E-state index in [4.69, 9.17) is 4.74 Å². The summed E-state index contributed by atoms with van der Waals surface area (Å²) in [7, 11) is 1.38. The first-order chi connectivity index (χ1) is 9.56. The van der Waals surface area contributed by atoms with E-state index in [2.05, 4.69) is 15.4 Å². The van der Waals surface area contributed by atoms with Crippen molar-refractivity contribution in [2.75, 3.05) is 20.2 Å². The fourth-order valence-corrected chi connectivity index (χ4v) is 1.60. The lowest BCUT2D eigenvalue weighted by Gasteiger charge is -2.12. The molecule has 20 heavy (non-hydrogen) atoms. The van der Waals surface area contributed by atoms with E-state index in [1.54, 1.807) is 12.1 Å². The molecule has 0 aliphatic carbocycles. The van der Waals surface area contributed by atoms with Crippen molar-refractivity contribution in [3.05, 3.63) is 23.8 Å². The average molecular weight is 288 g/mol. The van der Waals surface area contributed by atoms with Gasteiger partial charge in [0, 0.05) is 13.1 Å². The molecule has 1 rings (SSSR count). The van der Waals surface area contributed by atoms with Crippen LogP contribution in [-0.4, -0.2) is 32.7 Å². The molecule has 2 N–H and O–H groups in total. The maximum atomic E-state index is 12.3. The van der Waals surface area contributed by atoms with Gasteiger partial charge in [-0.1, -0.05) is 6.07 Å². The van der Waals surface area contributed by atoms with Crippen molar-refractivity contribution >= 4 is 5.91 Å². The molecule has 0 saturated heterocycles. The second kappa shape index (κ2) is 8.31. The molecule has 0 aliphatic rings. The Morgan fingerprint density at radius 3 is 2.70 bits per heavy atom. The number of nitrogens with one attached hydrogen (secondary N) is 2. The Morgan fingerprint density at radius 1 is 1.35 bits per heavy atom. The summed E-state index contributed by atoms with van der Waals surface area (Å²) in [4.78, 5) is 11.2. The average Bonchev–Trinajstić information content (AvgIpc) is 2.38. The summed E-state index contributed by atoms with van der Waals surface area (Å²) in [6, 6.07) is 4.71. The number of hydrogen-bond donors (Lipinski definition) is 2. The number of hydrogen-bond acceptors (Lipinski definition) is 4. The van der Waals surface area contributed by atoms with Gasteiger partial charge in [0.05, 0.1) is 13.7 Å². The summed E-state index contributed by atoms with van der Waals surface area (Å²) in [6.07, 6.45) is 0. The van der Waals surface area contributed by atoms with E-state index in [1.807, 2.05) is 6.92 Å². The molecule has 0 heterocycles. The highest BCUT2D eigenvalue weighted by atomic mass is 19.3. The topological polar surface area (TPSA) is 59.6 Å². The van der Waals surface area contributed by atoms with Crippen molar-refractivity contribution in [2.45, 2.75) is 20.1 Å². The van der Waals surface area contributed by atoms with Crippen LogP contribution in [0.2, 0.25) is 0 Å². The molecule has 0 aliphatic heterocycles. The molecule has 0 bridgehead atoms. The van der Waals surface area contributed by atoms with Crippen LogP contribution in [-0.2, 0) is 11.3 Å². The zero-order valence-corrected chi connectivity index (χ0v) is 11.4. The minimum absolute atomic E-state index is 0.0280. The Morgan fingerprint density at radius 2 is 2.10 bits per heavy atom. The Balaban J connectivity index is 2.60. The molecular weight excluding hydrogens is 270 g/mol. The first-order valence-corrected chi connectivity index (χ1v) is 6.16. The van der Waals surface area contributed by atoms with Gasteiger partial charge in [0.2, 0.25) is 5.91 Å². The fraction of sp³-hybridized carbons (Fsp3) is 0.462. The van der Waals surface area contributed by atoms with E-state index in [1.165, 1.54) is 13.2 Å². The molecule has 112 valence electrons. The SMILES string of the molecule is CCNC(=O)CNCc1ccc(OC)c(OC(F)F)c1. The van der Waals surface area contributed by atoms with Gasteiger partial charge in [-0.2, -0.15) is 8.78 Å². The van der Waals surface area contributed by atoms with E-state index in [-0.39, 0.29) is 24.0 Å². The van der Waals surface area contributed by atoms with Crippen molar-refractivity contribution in [2.24, 2.45) is 0 Å². The predicted octanol–water partition coefficient (Wildman–Crippen LogP) is 1.52. The van der Waals surface area contributed by atoms with Gasteiger partial charge in [0.25, 0.3) is 0 Å². The molecule has 1 aromatic rings. The van der Waals surface area contributed by atoms with Crippen molar-refractivity contribution in [1.29, 1.82) is 0 Å². The van der Waals surface area contributed by atoms with Crippen LogP contribution in [0.25, 0.3) is 0 Å². The summed E-state index contributed by atoms with van der Waals surface area (Å²) < 4.78 is 33.8. The molecular formula is C13H18F2N2O3. The van der Waals surface area contributed by atoms with E-state index < -0.39 is 6.61 Å². The Labute approximate surface area is 116 Å². The van der Waals surface area contributed by atoms with Gasteiger partial charge in [-0.15, -0.1) is 0 Å². The lowest BCUT2D eigenvalue weighted by molar-refractivity contribution is -0.120. The van der Waals surface area contributed by atoms with Gasteiger partial charge >= 0.3 is 6.61 Å². The summed E-state index contributed by atoms with van der Waals surface area (Å²) in [5.41, 5.74) is 0.714. The molecule has 0 atom stereocenters. The molecule has 0 fully saturated rings. The van der Waals surface area contributed by atoms with Crippen LogP contribution < -0.4 is 20.1 Å². The maximum absolute atomic E-state index is 12.3. The summed E-state index contributed by atoms with van der Waals surface area (Å²) in [6.45, 7) is -0.00132. The van der Waals surface area contributed by atoms with E-state index in [0.717, 1.165) is 0 Å². The van der Waals surface area contributed by atoms with E-state index >= 15 is 0 Å². The van der Waals surface area contributed by atoms with Crippen molar-refractivity contribution in [3.63, 3.8) is 0 Å². The lowest BCUT2D eigenvalue weighted by atomic mass is 10.2. The standard InChI is InChI=1S/C13H18F2N2O3/c1-3-17-12(18)8-16-7-9-4-5-10(19-2)11(6-9)20-13(14)15/h4-6,13,16H,3,7-8H2,1-2H3,(H,17,18). The highest BCUT2D eigenvalue weighted by molar-refractivity contribution is 5.77. The van der Waals surface area contributed by atoms with Gasteiger partial charge in [0.15, 0.2) is 11.5 Å². The second-order valence-electron chi connectivity index (χ2n) is 3.92. The van der Waals surface area contributed by atoms with Gasteiger partial charge < -0.3 is 20.1 Å². The molecule has 0 spiro atoms. The van der Waals surface area contributed by atoms with Gasteiger partial charge in [-0.25, -0.2) is 0 Å². The minimum atomic E-state index is -2.91. The van der Waals surface area contributed by atoms with E-state index in [9.17, 15) is 13.6 Å². The number of halogens is 2. The predicted molar refractivity (Wildman–Crippen MR) is 70.0 cm³/mol. The third-order valence-electron chi connectivity index (χ3n) is 2.43. The largest absolute Gasteiger partial charge is 0.493 e. The number of amides is 1. The number of benzene rings is 1. The fourth-order valence-electron chi connectivity index (χ4n) is 1.60. The van der Waals surface area contributed by atoms with Crippen LogP contribution in [0.3, 0.4) is 0 Å². The lowest BCUT2D eigenvalue weighted by Crippen LogP contribution is -2.33. The number of ether oxygens (including phenoxy) is 2. The number of rotatable bonds is 8. The molecule has 0 aromatic heterocycles. The second-order valence-corrected chi connectivity index (χ2v) is 3.92. The smallest absolute Gasteiger partial charge is 0.387 e. The molecule has 1 amide bonds. The van der Waals surface area contributed by atoms with Crippen molar-refractivity contribution in [1.82, 2.24) is 10.6 Å². The van der Waals surface area contributed by atoms with Crippen LogP contribution in [0.1, 0.15) is 12.5 Å². The quantitative estimate of drug-likeness (QED) is 0.761. The molecule has 0 radical (unpaired) electrons. The molecule has 5 nitrogen and oxygen atoms in total. The number of carbonyl (C=O) groups is 1. The molecule has 7 heteroatoms. The Bertz CT molecular complexity index is 442. The highest BCUT2D eigenvalue weighted by Gasteiger charge is 2.11. The Hall–Kier alpha value is -1.89. The number of likely N-dealkylation sites (N-methyl/N-ethyl adjacent to an activating group) is 1. The number of carbonyl (C=O) groups excluding carboxylic acids is 1. The van der Waals surface area contributed by atoms with Gasteiger partial charge in [0.1, 0.15) is 0 Å². The molecule has 0 unspecified atom stereocenters. The summed E-state index contributed by atoms with van der Waals surface area (Å²) in [5, 5.41) is 5.55. The molecule has 0 saturated carbocycles. The summed E-state index contributed by atoms with van der Waals surface area (Å²) in [5.74, 6) is 0.0858. The highest BCUT2D eigenvalue weighted by Crippen LogP contribution is 2.29. The zero-order chi connectivity index (χ0) is 15.0. The van der Waals surface area contributed by atoms with Crippen LogP contribution in [0, 0.1) is 0 Å². The van der Waals surface area contributed by atoms with Gasteiger partial charge in [-0.3, -0.25) is 4.79 Å². The van der Waals surface area contributed by atoms with Crippen LogP contribution in [0.15, 0.2) is 18.2 Å². The molecule has 1 aromatic carbocycles. The number of methoxy groups -OCH3 is 1. The monoisotopic (exact) mass is 288 g/mol. The van der Waals surface area contributed by atoms with E-state index in [0.29, 0.717) is 18.7 Å². The van der Waals surface area contributed by atoms with Crippen LogP contribution in [0.4, 0.5) is 8.78 Å².